The number of piperazine rings is 2. The topological polar surface area (TPSA) is 103 Å². The van der Waals surface area contributed by atoms with Crippen LogP contribution in [0.2, 0.25) is 0 Å². The van der Waals surface area contributed by atoms with Gasteiger partial charge in [-0.15, -0.1) is 0 Å². The van der Waals surface area contributed by atoms with Crippen LogP contribution < -0.4 is 15.1 Å². The second-order valence-electron chi connectivity index (χ2n) is 8.00. The van der Waals surface area contributed by atoms with E-state index in [9.17, 15) is 0 Å². The van der Waals surface area contributed by atoms with Crippen molar-refractivity contribution in [1.29, 1.82) is 5.26 Å². The molecule has 164 valence electrons. The maximum Gasteiger partial charge on any atom is 0.179 e. The number of nitrogens with zero attached hydrogens (tertiary/aromatic N) is 6. The number of fused-ring (bicyclic) bond motifs is 2. The lowest BCUT2D eigenvalue weighted by atomic mass is 10.2. The number of anilines is 2. The zero-order valence-electron chi connectivity index (χ0n) is 18.0. The third-order valence-corrected chi connectivity index (χ3v) is 6.04. The standard InChI is InChI=1S/C12H13N5.C11H14N4/c13-9-16-5-7-17(8-6-16)12-10-3-1-2-4-11(10)14-15-12;1-2-4-10-9(3-1)11(14-13-10)15-7-5-12-6-8-15/h1-4H,5-8H2,(H,14,15);1-4,12H,5-8H2,(H,13,14). The molecule has 9 heteroatoms. The van der Waals surface area contributed by atoms with Crippen LogP contribution in [0.3, 0.4) is 0 Å². The molecule has 0 amide bonds. The van der Waals surface area contributed by atoms with Gasteiger partial charge in [-0.2, -0.15) is 15.5 Å². The molecule has 3 N–H and O–H groups in total. The predicted octanol–water partition coefficient (Wildman–Crippen LogP) is 2.14. The maximum absolute atomic E-state index is 8.82. The summed E-state index contributed by atoms with van der Waals surface area (Å²) < 4.78 is 0. The Hall–Kier alpha value is -3.77. The fourth-order valence-electron chi connectivity index (χ4n) is 4.28. The van der Waals surface area contributed by atoms with Crippen molar-refractivity contribution in [3.63, 3.8) is 0 Å². The Balaban J connectivity index is 0.000000136. The first kappa shape index (κ1) is 20.2. The molecule has 9 nitrogen and oxygen atoms in total. The van der Waals surface area contributed by atoms with E-state index in [0.29, 0.717) is 0 Å². The van der Waals surface area contributed by atoms with E-state index in [1.807, 2.05) is 24.3 Å². The highest BCUT2D eigenvalue weighted by Gasteiger charge is 2.19. The molecule has 0 spiro atoms. The lowest BCUT2D eigenvalue weighted by molar-refractivity contribution is 0.362. The van der Waals surface area contributed by atoms with Gasteiger partial charge in [0.15, 0.2) is 17.8 Å². The lowest BCUT2D eigenvalue weighted by Gasteiger charge is -2.31. The van der Waals surface area contributed by atoms with E-state index in [4.69, 9.17) is 5.26 Å². The fraction of sp³-hybridized carbons (Fsp3) is 0.348. The summed E-state index contributed by atoms with van der Waals surface area (Å²) in [4.78, 5) is 6.34. The molecule has 2 saturated heterocycles. The molecule has 0 radical (unpaired) electrons. The summed E-state index contributed by atoms with van der Waals surface area (Å²) in [6.07, 6.45) is 2.19. The number of hydrogen-bond donors (Lipinski definition) is 3. The highest BCUT2D eigenvalue weighted by atomic mass is 15.3. The Bertz CT molecular complexity index is 1210. The van der Waals surface area contributed by atoms with Gasteiger partial charge in [-0.1, -0.05) is 24.3 Å². The third-order valence-electron chi connectivity index (χ3n) is 6.04. The monoisotopic (exact) mass is 429 g/mol. The van der Waals surface area contributed by atoms with Crippen molar-refractivity contribution in [2.75, 3.05) is 62.2 Å². The van der Waals surface area contributed by atoms with E-state index in [-0.39, 0.29) is 0 Å². The number of rotatable bonds is 2. The van der Waals surface area contributed by atoms with Gasteiger partial charge in [-0.25, -0.2) is 0 Å². The molecule has 2 aromatic carbocycles. The molecule has 0 atom stereocenters. The van der Waals surface area contributed by atoms with Crippen LogP contribution in [0, 0.1) is 11.5 Å². The van der Waals surface area contributed by atoms with Gasteiger partial charge >= 0.3 is 0 Å². The molecule has 4 aromatic rings. The molecule has 32 heavy (non-hydrogen) atoms. The molecule has 2 aliphatic heterocycles. The van der Waals surface area contributed by atoms with Gasteiger partial charge in [0.25, 0.3) is 0 Å². The van der Waals surface area contributed by atoms with Crippen LogP contribution in [0.5, 0.6) is 0 Å². The Labute approximate surface area is 186 Å². The van der Waals surface area contributed by atoms with Gasteiger partial charge in [-0.05, 0) is 24.3 Å². The van der Waals surface area contributed by atoms with Crippen molar-refractivity contribution in [3.8, 4) is 6.19 Å². The van der Waals surface area contributed by atoms with E-state index < -0.39 is 0 Å². The first-order chi connectivity index (χ1) is 15.8. The maximum atomic E-state index is 8.82. The highest BCUT2D eigenvalue weighted by molar-refractivity contribution is 5.90. The lowest BCUT2D eigenvalue weighted by Crippen LogP contribution is -2.44. The van der Waals surface area contributed by atoms with Gasteiger partial charge in [-0.3, -0.25) is 10.2 Å². The zero-order chi connectivity index (χ0) is 21.8. The molecule has 2 fully saturated rings. The second kappa shape index (κ2) is 9.16. The van der Waals surface area contributed by atoms with E-state index in [0.717, 1.165) is 80.4 Å². The number of para-hydroxylation sites is 2. The van der Waals surface area contributed by atoms with E-state index in [1.54, 1.807) is 4.90 Å². The van der Waals surface area contributed by atoms with Crippen LogP contribution in [0.1, 0.15) is 0 Å². The van der Waals surface area contributed by atoms with E-state index >= 15 is 0 Å². The molecule has 2 aromatic heterocycles. The predicted molar refractivity (Wildman–Crippen MR) is 127 cm³/mol. The first-order valence-electron chi connectivity index (χ1n) is 11.0. The minimum absolute atomic E-state index is 0.775. The Morgan fingerprint density at radius 2 is 1.19 bits per heavy atom. The molecule has 0 saturated carbocycles. The average Bonchev–Trinajstić information content (AvgIpc) is 3.50. The first-order valence-corrected chi connectivity index (χ1v) is 11.0. The second-order valence-corrected chi connectivity index (χ2v) is 8.00. The number of aromatic nitrogens is 4. The van der Waals surface area contributed by atoms with Crippen molar-refractivity contribution in [1.82, 2.24) is 30.6 Å². The molecular weight excluding hydrogens is 402 g/mol. The summed E-state index contributed by atoms with van der Waals surface area (Å²) in [7, 11) is 0. The molecule has 0 aliphatic carbocycles. The largest absolute Gasteiger partial charge is 0.352 e. The van der Waals surface area contributed by atoms with Crippen LogP contribution in [0.15, 0.2) is 48.5 Å². The van der Waals surface area contributed by atoms with Crippen LogP contribution in [0.25, 0.3) is 21.8 Å². The van der Waals surface area contributed by atoms with Crippen LogP contribution in [-0.4, -0.2) is 77.7 Å². The average molecular weight is 430 g/mol. The van der Waals surface area contributed by atoms with E-state index in [2.05, 4.69) is 66.0 Å². The summed E-state index contributed by atoms with van der Waals surface area (Å²) in [6.45, 7) is 7.41. The number of nitrogens with one attached hydrogen (secondary N) is 3. The smallest absolute Gasteiger partial charge is 0.179 e. The normalized spacial score (nSPS) is 16.7. The summed E-state index contributed by atoms with van der Waals surface area (Å²) in [5.41, 5.74) is 2.18. The molecule has 0 bridgehead atoms. The Morgan fingerprint density at radius 1 is 0.688 bits per heavy atom. The summed E-state index contributed by atoms with van der Waals surface area (Å²) in [6, 6.07) is 16.4. The number of H-pyrrole nitrogens is 2. The van der Waals surface area contributed by atoms with Crippen molar-refractivity contribution >= 4 is 33.4 Å². The number of hydrogen-bond acceptors (Lipinski definition) is 7. The van der Waals surface area contributed by atoms with Crippen molar-refractivity contribution in [3.05, 3.63) is 48.5 Å². The molecule has 6 rings (SSSR count). The Morgan fingerprint density at radius 3 is 1.72 bits per heavy atom. The van der Waals surface area contributed by atoms with Crippen LogP contribution in [0.4, 0.5) is 11.6 Å². The third kappa shape index (κ3) is 4.05. The van der Waals surface area contributed by atoms with Gasteiger partial charge < -0.3 is 20.0 Å². The zero-order valence-corrected chi connectivity index (χ0v) is 18.0. The van der Waals surface area contributed by atoms with Crippen molar-refractivity contribution < 1.29 is 0 Å². The molecule has 0 unspecified atom stereocenters. The quantitative estimate of drug-likeness (QED) is 0.420. The summed E-state index contributed by atoms with van der Waals surface area (Å²) in [5.74, 6) is 2.09. The summed E-state index contributed by atoms with van der Waals surface area (Å²) in [5, 5.41) is 29.4. The van der Waals surface area contributed by atoms with Gasteiger partial charge in [0, 0.05) is 63.1 Å². The minimum Gasteiger partial charge on any atom is -0.352 e. The van der Waals surface area contributed by atoms with E-state index in [1.165, 1.54) is 5.39 Å². The van der Waals surface area contributed by atoms with Gasteiger partial charge in [0.2, 0.25) is 0 Å². The Kier molecular flexibility index (Phi) is 5.77. The molecule has 2 aliphatic rings. The number of benzene rings is 2. The highest BCUT2D eigenvalue weighted by Crippen LogP contribution is 2.25. The SMILES string of the molecule is N#CN1CCN(c2n[nH]c3ccccc23)CC1.c1ccc2c(N3CCNCC3)n[nH]c2c1. The molecular formula is C23H27N9. The van der Waals surface area contributed by atoms with Crippen LogP contribution >= 0.6 is 0 Å². The van der Waals surface area contributed by atoms with Crippen molar-refractivity contribution in [2.45, 2.75) is 0 Å². The van der Waals surface area contributed by atoms with Gasteiger partial charge in [0.05, 0.1) is 11.0 Å². The number of nitriles is 1. The fourth-order valence-corrected chi connectivity index (χ4v) is 4.28. The summed E-state index contributed by atoms with van der Waals surface area (Å²) >= 11 is 0. The minimum atomic E-state index is 0.775. The van der Waals surface area contributed by atoms with Crippen LogP contribution in [-0.2, 0) is 0 Å². The van der Waals surface area contributed by atoms with Gasteiger partial charge in [0.1, 0.15) is 0 Å². The number of aromatic amines is 2. The van der Waals surface area contributed by atoms with Crippen molar-refractivity contribution in [2.24, 2.45) is 0 Å². The molecule has 4 heterocycles.